The van der Waals surface area contributed by atoms with Gasteiger partial charge < -0.3 is 14.8 Å². The molecule has 0 fully saturated rings. The highest BCUT2D eigenvalue weighted by molar-refractivity contribution is 5.38. The molecule has 0 unspecified atom stereocenters. The second-order valence-corrected chi connectivity index (χ2v) is 4.58. The van der Waals surface area contributed by atoms with Crippen LogP contribution in [0.1, 0.15) is 52.3 Å². The molecule has 1 N–H and O–H groups in total. The minimum absolute atomic E-state index is 0.419. The van der Waals surface area contributed by atoms with Gasteiger partial charge in [-0.05, 0) is 20.3 Å². The lowest BCUT2D eigenvalue weighted by Crippen LogP contribution is -2.08. The molecule has 0 aromatic carbocycles. The molecule has 20 heavy (non-hydrogen) atoms. The van der Waals surface area contributed by atoms with Crippen LogP contribution >= 0.6 is 0 Å². The molecule has 0 atom stereocenters. The van der Waals surface area contributed by atoms with E-state index in [4.69, 9.17) is 9.47 Å². The molecular weight excluding hydrogens is 254 g/mol. The molecular formula is C15H27N3O2. The summed E-state index contributed by atoms with van der Waals surface area (Å²) in [5.41, 5.74) is 0. The summed E-state index contributed by atoms with van der Waals surface area (Å²) in [5.74, 6) is 2.08. The molecule has 0 aliphatic rings. The second-order valence-electron chi connectivity index (χ2n) is 4.58. The number of ether oxygens (including phenoxy) is 2. The second kappa shape index (κ2) is 10.4. The molecule has 0 amide bonds. The standard InChI is InChI=1S/C15H27N3O2/c1-4-7-8-9-10-20-15-11-13(16-5-2)17-14(18-15)12-19-6-3/h11H,4-10,12H2,1-3H3,(H,16,17,18). The van der Waals surface area contributed by atoms with Crippen molar-refractivity contribution in [2.24, 2.45) is 0 Å². The van der Waals surface area contributed by atoms with Crippen LogP contribution in [0.5, 0.6) is 5.88 Å². The molecule has 5 heteroatoms. The summed E-state index contributed by atoms with van der Waals surface area (Å²) in [4.78, 5) is 8.76. The third kappa shape index (κ3) is 6.70. The summed E-state index contributed by atoms with van der Waals surface area (Å²) in [7, 11) is 0. The molecule has 0 spiro atoms. The highest BCUT2D eigenvalue weighted by atomic mass is 16.5. The van der Waals surface area contributed by atoms with Gasteiger partial charge in [-0.2, -0.15) is 4.98 Å². The zero-order valence-corrected chi connectivity index (χ0v) is 12.9. The molecule has 1 aromatic heterocycles. The zero-order chi connectivity index (χ0) is 14.6. The van der Waals surface area contributed by atoms with Crippen molar-refractivity contribution in [2.75, 3.05) is 25.1 Å². The van der Waals surface area contributed by atoms with E-state index in [0.717, 1.165) is 18.8 Å². The van der Waals surface area contributed by atoms with Crippen LogP contribution in [0.15, 0.2) is 6.07 Å². The minimum atomic E-state index is 0.419. The fourth-order valence-electron chi connectivity index (χ4n) is 1.78. The molecule has 1 heterocycles. The van der Waals surface area contributed by atoms with Crippen LogP contribution in [0, 0.1) is 0 Å². The van der Waals surface area contributed by atoms with E-state index in [1.807, 2.05) is 19.9 Å². The Hall–Kier alpha value is -1.36. The normalized spacial score (nSPS) is 10.6. The molecule has 0 bridgehead atoms. The monoisotopic (exact) mass is 281 g/mol. The number of rotatable bonds is 11. The van der Waals surface area contributed by atoms with Crippen molar-refractivity contribution < 1.29 is 9.47 Å². The van der Waals surface area contributed by atoms with Crippen LogP contribution in [0.3, 0.4) is 0 Å². The Morgan fingerprint density at radius 3 is 2.65 bits per heavy atom. The Kier molecular flexibility index (Phi) is 8.71. The molecule has 114 valence electrons. The third-order valence-electron chi connectivity index (χ3n) is 2.79. The van der Waals surface area contributed by atoms with Crippen LogP contribution in [-0.4, -0.2) is 29.7 Å². The van der Waals surface area contributed by atoms with Gasteiger partial charge in [0.1, 0.15) is 12.4 Å². The van der Waals surface area contributed by atoms with Gasteiger partial charge in [-0.1, -0.05) is 26.2 Å². The summed E-state index contributed by atoms with van der Waals surface area (Å²) < 4.78 is 11.1. The Balaban J connectivity index is 2.55. The highest BCUT2D eigenvalue weighted by Gasteiger charge is 2.05. The van der Waals surface area contributed by atoms with Crippen LogP contribution in [0.4, 0.5) is 5.82 Å². The number of nitrogens with zero attached hydrogens (tertiary/aromatic N) is 2. The lowest BCUT2D eigenvalue weighted by Gasteiger charge is -2.10. The van der Waals surface area contributed by atoms with Crippen LogP contribution < -0.4 is 10.1 Å². The van der Waals surface area contributed by atoms with Crippen molar-refractivity contribution in [1.82, 2.24) is 9.97 Å². The number of hydrogen-bond donors (Lipinski definition) is 1. The highest BCUT2D eigenvalue weighted by Crippen LogP contribution is 2.15. The van der Waals surface area contributed by atoms with Crippen molar-refractivity contribution in [3.8, 4) is 5.88 Å². The predicted molar refractivity (Wildman–Crippen MR) is 81.2 cm³/mol. The summed E-state index contributed by atoms with van der Waals surface area (Å²) >= 11 is 0. The molecule has 1 rings (SSSR count). The van der Waals surface area contributed by atoms with Gasteiger partial charge in [-0.25, -0.2) is 4.98 Å². The topological polar surface area (TPSA) is 56.3 Å². The van der Waals surface area contributed by atoms with Gasteiger partial charge in [0.2, 0.25) is 5.88 Å². The molecule has 0 saturated heterocycles. The predicted octanol–water partition coefficient (Wildman–Crippen LogP) is 3.40. The Labute approximate surface area is 122 Å². The van der Waals surface area contributed by atoms with Crippen molar-refractivity contribution in [2.45, 2.75) is 53.1 Å². The van der Waals surface area contributed by atoms with Gasteiger partial charge in [0.05, 0.1) is 6.61 Å². The van der Waals surface area contributed by atoms with Gasteiger partial charge in [-0.15, -0.1) is 0 Å². The van der Waals surface area contributed by atoms with Gasteiger partial charge in [0.25, 0.3) is 0 Å². The quantitative estimate of drug-likeness (QED) is 0.630. The number of anilines is 1. The maximum Gasteiger partial charge on any atom is 0.218 e. The van der Waals surface area contributed by atoms with E-state index in [2.05, 4.69) is 22.2 Å². The van der Waals surface area contributed by atoms with Crippen LogP contribution in [-0.2, 0) is 11.3 Å². The van der Waals surface area contributed by atoms with Crippen molar-refractivity contribution in [1.29, 1.82) is 0 Å². The summed E-state index contributed by atoms with van der Waals surface area (Å²) in [6.07, 6.45) is 4.75. The summed E-state index contributed by atoms with van der Waals surface area (Å²) in [6.45, 7) is 8.80. The van der Waals surface area contributed by atoms with E-state index < -0.39 is 0 Å². The maximum atomic E-state index is 5.71. The van der Waals surface area contributed by atoms with Gasteiger partial charge in [0, 0.05) is 19.2 Å². The smallest absolute Gasteiger partial charge is 0.218 e. The Morgan fingerprint density at radius 2 is 1.95 bits per heavy atom. The molecule has 0 aliphatic carbocycles. The fourth-order valence-corrected chi connectivity index (χ4v) is 1.78. The van der Waals surface area contributed by atoms with Gasteiger partial charge in [0.15, 0.2) is 5.82 Å². The van der Waals surface area contributed by atoms with Crippen molar-refractivity contribution in [3.05, 3.63) is 11.9 Å². The van der Waals surface area contributed by atoms with Crippen LogP contribution in [0.25, 0.3) is 0 Å². The summed E-state index contributed by atoms with van der Waals surface area (Å²) in [5, 5.41) is 3.19. The first-order valence-corrected chi connectivity index (χ1v) is 7.62. The van der Waals surface area contributed by atoms with Crippen molar-refractivity contribution in [3.63, 3.8) is 0 Å². The molecule has 5 nitrogen and oxygen atoms in total. The zero-order valence-electron chi connectivity index (χ0n) is 12.9. The SMILES string of the molecule is CCCCCCOc1cc(NCC)nc(COCC)n1. The molecule has 0 aliphatic heterocycles. The molecule has 1 aromatic rings. The first-order chi connectivity index (χ1) is 9.80. The van der Waals surface area contributed by atoms with E-state index in [-0.39, 0.29) is 0 Å². The number of aromatic nitrogens is 2. The molecule has 0 saturated carbocycles. The van der Waals surface area contributed by atoms with Gasteiger partial charge in [-0.3, -0.25) is 0 Å². The summed E-state index contributed by atoms with van der Waals surface area (Å²) in [6, 6.07) is 1.85. The average molecular weight is 281 g/mol. The van der Waals surface area contributed by atoms with Crippen molar-refractivity contribution >= 4 is 5.82 Å². The van der Waals surface area contributed by atoms with E-state index in [9.17, 15) is 0 Å². The van der Waals surface area contributed by atoms with E-state index in [1.165, 1.54) is 19.3 Å². The van der Waals surface area contributed by atoms with Gasteiger partial charge >= 0.3 is 0 Å². The van der Waals surface area contributed by atoms with E-state index in [0.29, 0.717) is 31.5 Å². The minimum Gasteiger partial charge on any atom is -0.478 e. The maximum absolute atomic E-state index is 5.71. The largest absolute Gasteiger partial charge is 0.478 e. The molecule has 0 radical (unpaired) electrons. The first kappa shape index (κ1) is 16.7. The van der Waals surface area contributed by atoms with Crippen LogP contribution in [0.2, 0.25) is 0 Å². The third-order valence-corrected chi connectivity index (χ3v) is 2.79. The lowest BCUT2D eigenvalue weighted by atomic mass is 10.2. The Morgan fingerprint density at radius 1 is 1.10 bits per heavy atom. The Bertz CT molecular complexity index is 372. The lowest BCUT2D eigenvalue weighted by molar-refractivity contribution is 0.127. The first-order valence-electron chi connectivity index (χ1n) is 7.62. The fraction of sp³-hybridized carbons (Fsp3) is 0.733. The number of nitrogens with one attached hydrogen (secondary N) is 1. The van der Waals surface area contributed by atoms with E-state index in [1.54, 1.807) is 0 Å². The number of hydrogen-bond acceptors (Lipinski definition) is 5. The number of unbranched alkanes of at least 4 members (excludes halogenated alkanes) is 3. The van der Waals surface area contributed by atoms with E-state index >= 15 is 0 Å². The average Bonchev–Trinajstić information content (AvgIpc) is 2.45.